The summed E-state index contributed by atoms with van der Waals surface area (Å²) in [6, 6.07) is 8.05. The predicted molar refractivity (Wildman–Crippen MR) is 59.5 cm³/mol. The van der Waals surface area contributed by atoms with Crippen molar-refractivity contribution >= 4 is 17.2 Å². The number of benzene rings is 1. The van der Waals surface area contributed by atoms with Crippen LogP contribution in [-0.2, 0) is 0 Å². The van der Waals surface area contributed by atoms with Gasteiger partial charge in [-0.3, -0.25) is 4.99 Å². The van der Waals surface area contributed by atoms with Crippen LogP contribution in [0, 0.1) is 0 Å². The van der Waals surface area contributed by atoms with Gasteiger partial charge >= 0.3 is 0 Å². The minimum absolute atomic E-state index is 0.0578. The van der Waals surface area contributed by atoms with Crippen molar-refractivity contribution in [2.75, 3.05) is 0 Å². The van der Waals surface area contributed by atoms with E-state index in [9.17, 15) is 0 Å². The second kappa shape index (κ2) is 3.24. The summed E-state index contributed by atoms with van der Waals surface area (Å²) in [5.41, 5.74) is 2.11. The molecule has 4 heteroatoms. The van der Waals surface area contributed by atoms with E-state index >= 15 is 0 Å². The molecule has 1 aliphatic rings. The van der Waals surface area contributed by atoms with Crippen molar-refractivity contribution in [2.24, 2.45) is 4.99 Å². The Bertz CT molecular complexity index is 538. The molecule has 0 radical (unpaired) electrons. The Hall–Kier alpha value is -2.10. The first-order valence-electron chi connectivity index (χ1n) is 4.81. The zero-order chi connectivity index (χ0) is 10.1. The molecular weight excluding hydrogens is 188 g/mol. The Labute approximate surface area is 87.0 Å². The molecule has 74 valence electrons. The van der Waals surface area contributed by atoms with E-state index in [1.807, 2.05) is 36.9 Å². The van der Waals surface area contributed by atoms with E-state index in [-0.39, 0.29) is 6.17 Å². The molecule has 2 heterocycles. The lowest BCUT2D eigenvalue weighted by Gasteiger charge is -2.16. The lowest BCUT2D eigenvalue weighted by Crippen LogP contribution is -2.24. The Balaban J connectivity index is 2.11. The molecule has 0 saturated carbocycles. The van der Waals surface area contributed by atoms with Crippen molar-refractivity contribution in [2.45, 2.75) is 6.17 Å². The number of aliphatic imine (C=N–C) groups is 1. The van der Waals surface area contributed by atoms with Crippen molar-refractivity contribution < 1.29 is 0 Å². The van der Waals surface area contributed by atoms with Crippen LogP contribution in [0.25, 0.3) is 11.0 Å². The lowest BCUT2D eigenvalue weighted by molar-refractivity contribution is 0.600. The van der Waals surface area contributed by atoms with E-state index in [1.54, 1.807) is 6.20 Å². The number of fused-ring (bicyclic) bond motifs is 1. The van der Waals surface area contributed by atoms with Gasteiger partial charge in [-0.2, -0.15) is 0 Å². The molecular formula is C11H10N4. The average molecular weight is 198 g/mol. The summed E-state index contributed by atoms with van der Waals surface area (Å²) in [6.45, 7) is 0. The SMILES string of the molecule is C1=CNC(n2cnc3ccccc32)C=N1. The Kier molecular flexibility index (Phi) is 1.78. The maximum atomic E-state index is 4.33. The molecule has 2 aromatic rings. The number of hydrogen-bond donors (Lipinski definition) is 1. The second-order valence-electron chi connectivity index (χ2n) is 3.37. The van der Waals surface area contributed by atoms with Crippen LogP contribution in [0.15, 0.2) is 48.0 Å². The van der Waals surface area contributed by atoms with Gasteiger partial charge in [-0.1, -0.05) is 12.1 Å². The van der Waals surface area contributed by atoms with Gasteiger partial charge in [-0.05, 0) is 12.1 Å². The molecule has 1 unspecified atom stereocenters. The first-order chi connectivity index (χ1) is 7.45. The van der Waals surface area contributed by atoms with Crippen molar-refractivity contribution in [3.8, 4) is 0 Å². The molecule has 4 nitrogen and oxygen atoms in total. The van der Waals surface area contributed by atoms with Crippen LogP contribution >= 0.6 is 0 Å². The van der Waals surface area contributed by atoms with Gasteiger partial charge in [0.1, 0.15) is 6.17 Å². The fourth-order valence-corrected chi connectivity index (χ4v) is 1.71. The van der Waals surface area contributed by atoms with Crippen molar-refractivity contribution in [3.63, 3.8) is 0 Å². The fourth-order valence-electron chi connectivity index (χ4n) is 1.71. The standard InChI is InChI=1S/C11H10N4/c1-2-4-10-9(3-1)14-8-15(10)11-7-12-5-6-13-11/h1-8,11,13H. The monoisotopic (exact) mass is 198 g/mol. The third-order valence-electron chi connectivity index (χ3n) is 2.44. The summed E-state index contributed by atoms with van der Waals surface area (Å²) < 4.78 is 2.06. The summed E-state index contributed by atoms with van der Waals surface area (Å²) in [6.07, 6.45) is 7.30. The molecule has 15 heavy (non-hydrogen) atoms. The molecule has 0 aliphatic carbocycles. The number of imidazole rings is 1. The van der Waals surface area contributed by atoms with Crippen LogP contribution in [-0.4, -0.2) is 15.8 Å². The Morgan fingerprint density at radius 2 is 2.20 bits per heavy atom. The van der Waals surface area contributed by atoms with Crippen LogP contribution < -0.4 is 5.32 Å². The number of rotatable bonds is 1. The van der Waals surface area contributed by atoms with Gasteiger partial charge in [0.2, 0.25) is 0 Å². The summed E-state index contributed by atoms with van der Waals surface area (Å²) in [5.74, 6) is 0. The maximum absolute atomic E-state index is 4.33. The van der Waals surface area contributed by atoms with Crippen molar-refractivity contribution in [1.82, 2.24) is 14.9 Å². The molecule has 1 aromatic heterocycles. The fraction of sp³-hybridized carbons (Fsp3) is 0.0909. The van der Waals surface area contributed by atoms with E-state index in [0.717, 1.165) is 11.0 Å². The van der Waals surface area contributed by atoms with Gasteiger partial charge < -0.3 is 9.88 Å². The smallest absolute Gasteiger partial charge is 0.141 e. The summed E-state index contributed by atoms with van der Waals surface area (Å²) >= 11 is 0. The number of para-hydroxylation sites is 2. The van der Waals surface area contributed by atoms with E-state index < -0.39 is 0 Å². The number of aromatic nitrogens is 2. The summed E-state index contributed by atoms with van der Waals surface area (Å²) in [7, 11) is 0. The van der Waals surface area contributed by atoms with Gasteiger partial charge in [-0.15, -0.1) is 0 Å². The largest absolute Gasteiger partial charge is 0.365 e. The molecule has 0 fully saturated rings. The topological polar surface area (TPSA) is 42.2 Å². The highest BCUT2D eigenvalue weighted by atomic mass is 15.2. The van der Waals surface area contributed by atoms with Gasteiger partial charge in [0.15, 0.2) is 0 Å². The van der Waals surface area contributed by atoms with Gasteiger partial charge in [0.25, 0.3) is 0 Å². The van der Waals surface area contributed by atoms with Crippen LogP contribution in [0.4, 0.5) is 0 Å². The molecule has 1 N–H and O–H groups in total. The minimum Gasteiger partial charge on any atom is -0.365 e. The first kappa shape index (κ1) is 8.23. The maximum Gasteiger partial charge on any atom is 0.141 e. The Morgan fingerprint density at radius 3 is 3.07 bits per heavy atom. The molecule has 3 rings (SSSR count). The molecule has 0 amide bonds. The predicted octanol–water partition coefficient (Wildman–Crippen LogP) is 1.68. The number of nitrogens with one attached hydrogen (secondary N) is 1. The summed E-state index contributed by atoms with van der Waals surface area (Å²) in [5, 5.41) is 3.21. The number of hydrogen-bond acceptors (Lipinski definition) is 3. The van der Waals surface area contributed by atoms with Crippen molar-refractivity contribution in [3.05, 3.63) is 43.0 Å². The average Bonchev–Trinajstić information content (AvgIpc) is 2.74. The highest BCUT2D eigenvalue weighted by Crippen LogP contribution is 2.15. The zero-order valence-electron chi connectivity index (χ0n) is 8.04. The molecule has 1 aliphatic heterocycles. The molecule has 1 aromatic carbocycles. The quantitative estimate of drug-likeness (QED) is 0.757. The molecule has 0 saturated heterocycles. The lowest BCUT2D eigenvalue weighted by atomic mass is 10.3. The zero-order valence-corrected chi connectivity index (χ0v) is 8.04. The molecule has 0 spiro atoms. The van der Waals surface area contributed by atoms with Gasteiger partial charge in [-0.25, -0.2) is 4.98 Å². The molecule has 1 atom stereocenters. The van der Waals surface area contributed by atoms with Crippen LogP contribution in [0.3, 0.4) is 0 Å². The third kappa shape index (κ3) is 1.30. The highest BCUT2D eigenvalue weighted by Gasteiger charge is 2.10. The molecule has 0 bridgehead atoms. The van der Waals surface area contributed by atoms with Gasteiger partial charge in [0.05, 0.1) is 17.4 Å². The highest BCUT2D eigenvalue weighted by molar-refractivity contribution is 5.77. The normalized spacial score (nSPS) is 19.3. The minimum atomic E-state index is 0.0578. The van der Waals surface area contributed by atoms with E-state index in [1.165, 1.54) is 0 Å². The third-order valence-corrected chi connectivity index (χ3v) is 2.44. The van der Waals surface area contributed by atoms with Crippen molar-refractivity contribution in [1.29, 1.82) is 0 Å². The Morgan fingerprint density at radius 1 is 1.27 bits per heavy atom. The van der Waals surface area contributed by atoms with E-state index in [2.05, 4.69) is 25.9 Å². The van der Waals surface area contributed by atoms with Crippen LogP contribution in [0.2, 0.25) is 0 Å². The van der Waals surface area contributed by atoms with Crippen LogP contribution in [0.5, 0.6) is 0 Å². The number of nitrogens with zero attached hydrogens (tertiary/aromatic N) is 3. The first-order valence-corrected chi connectivity index (χ1v) is 4.81. The summed E-state index contributed by atoms with van der Waals surface area (Å²) in [4.78, 5) is 8.44. The van der Waals surface area contributed by atoms with Gasteiger partial charge in [0, 0.05) is 18.6 Å². The second-order valence-corrected chi connectivity index (χ2v) is 3.37. The van der Waals surface area contributed by atoms with Crippen LogP contribution in [0.1, 0.15) is 6.17 Å². The van der Waals surface area contributed by atoms with E-state index in [4.69, 9.17) is 0 Å². The van der Waals surface area contributed by atoms with E-state index in [0.29, 0.717) is 0 Å².